The lowest BCUT2D eigenvalue weighted by molar-refractivity contribution is -0.00689. The highest BCUT2D eigenvalue weighted by molar-refractivity contribution is 4.89. The highest BCUT2D eigenvalue weighted by atomic mass is 16.5. The Bertz CT molecular complexity index is 309. The van der Waals surface area contributed by atoms with Gasteiger partial charge in [-0.2, -0.15) is 0 Å². The summed E-state index contributed by atoms with van der Waals surface area (Å²) in [5, 5.41) is 10.1. The molecule has 3 nitrogen and oxygen atoms in total. The zero-order valence-corrected chi connectivity index (χ0v) is 13.0. The molecule has 3 heteroatoms. The van der Waals surface area contributed by atoms with Gasteiger partial charge in [0.2, 0.25) is 0 Å². The number of ether oxygens (including phenoxy) is 1. The number of piperidine rings is 1. The van der Waals surface area contributed by atoms with Gasteiger partial charge in [-0.15, -0.1) is 0 Å². The molecule has 3 rings (SSSR count). The molecule has 0 amide bonds. The first-order chi connectivity index (χ1) is 9.70. The molecule has 3 fully saturated rings. The lowest BCUT2D eigenvalue weighted by Gasteiger charge is -2.32. The molecule has 2 saturated carbocycles. The summed E-state index contributed by atoms with van der Waals surface area (Å²) in [7, 11) is 0. The SMILES string of the molecule is C[C@@H]1CCCN(C[C@H](O)COC[C@@H]2C[C@@H]3CC[C@@H]2C3)C1. The Balaban J connectivity index is 1.30. The number of rotatable bonds is 6. The molecule has 0 aromatic rings. The minimum Gasteiger partial charge on any atom is -0.389 e. The summed E-state index contributed by atoms with van der Waals surface area (Å²) in [5.74, 6) is 3.50. The molecule has 1 saturated heterocycles. The number of nitrogens with zero attached hydrogens (tertiary/aromatic N) is 1. The zero-order valence-electron chi connectivity index (χ0n) is 13.0. The molecule has 0 spiro atoms. The van der Waals surface area contributed by atoms with E-state index in [-0.39, 0.29) is 6.10 Å². The van der Waals surface area contributed by atoms with Crippen molar-refractivity contribution in [1.29, 1.82) is 0 Å². The van der Waals surface area contributed by atoms with Gasteiger partial charge < -0.3 is 14.7 Å². The lowest BCUT2D eigenvalue weighted by atomic mass is 9.90. The van der Waals surface area contributed by atoms with Crippen molar-refractivity contribution in [2.75, 3.05) is 32.8 Å². The van der Waals surface area contributed by atoms with Crippen LogP contribution >= 0.6 is 0 Å². The van der Waals surface area contributed by atoms with Crippen molar-refractivity contribution < 1.29 is 9.84 Å². The third-order valence-electron chi connectivity index (χ3n) is 5.74. The Kier molecular flexibility index (Phi) is 5.00. The molecular weight excluding hydrogens is 250 g/mol. The molecule has 116 valence electrons. The summed E-state index contributed by atoms with van der Waals surface area (Å²) in [4.78, 5) is 2.40. The van der Waals surface area contributed by atoms with Gasteiger partial charge in [0.05, 0.1) is 12.7 Å². The van der Waals surface area contributed by atoms with E-state index in [4.69, 9.17) is 4.74 Å². The summed E-state index contributed by atoms with van der Waals surface area (Å²) >= 11 is 0. The monoisotopic (exact) mass is 281 g/mol. The summed E-state index contributed by atoms with van der Waals surface area (Å²) in [6.07, 6.45) is 8.02. The lowest BCUT2D eigenvalue weighted by Crippen LogP contribution is -2.41. The highest BCUT2D eigenvalue weighted by Crippen LogP contribution is 2.48. The third-order valence-corrected chi connectivity index (χ3v) is 5.74. The third kappa shape index (κ3) is 3.75. The second-order valence-electron chi connectivity index (χ2n) is 7.63. The maximum absolute atomic E-state index is 10.1. The van der Waals surface area contributed by atoms with Gasteiger partial charge in [-0.25, -0.2) is 0 Å². The van der Waals surface area contributed by atoms with Gasteiger partial charge in [-0.05, 0) is 62.3 Å². The van der Waals surface area contributed by atoms with E-state index in [1.165, 1.54) is 38.5 Å². The van der Waals surface area contributed by atoms with Crippen LogP contribution < -0.4 is 0 Å². The average molecular weight is 281 g/mol. The second kappa shape index (κ2) is 6.76. The Morgan fingerprint density at radius 1 is 1.25 bits per heavy atom. The molecule has 0 radical (unpaired) electrons. The molecule has 1 heterocycles. The van der Waals surface area contributed by atoms with Crippen LogP contribution in [0.4, 0.5) is 0 Å². The van der Waals surface area contributed by atoms with Crippen LogP contribution in [0.15, 0.2) is 0 Å². The normalized spacial score (nSPS) is 39.3. The average Bonchev–Trinajstić information content (AvgIpc) is 3.01. The molecule has 5 atom stereocenters. The van der Waals surface area contributed by atoms with E-state index in [0.29, 0.717) is 6.61 Å². The number of fused-ring (bicyclic) bond motifs is 2. The molecule has 3 aliphatic rings. The Labute approximate surface area is 123 Å². The van der Waals surface area contributed by atoms with Crippen molar-refractivity contribution in [2.24, 2.45) is 23.7 Å². The van der Waals surface area contributed by atoms with E-state index in [1.54, 1.807) is 0 Å². The highest BCUT2D eigenvalue weighted by Gasteiger charge is 2.39. The van der Waals surface area contributed by atoms with Crippen molar-refractivity contribution in [3.8, 4) is 0 Å². The Morgan fingerprint density at radius 3 is 2.85 bits per heavy atom. The van der Waals surface area contributed by atoms with E-state index in [1.807, 2.05) is 0 Å². The van der Waals surface area contributed by atoms with Crippen LogP contribution in [0.5, 0.6) is 0 Å². The van der Waals surface area contributed by atoms with Gasteiger partial charge >= 0.3 is 0 Å². The number of aliphatic hydroxyl groups excluding tert-OH is 1. The fourth-order valence-corrected chi connectivity index (χ4v) is 4.74. The Morgan fingerprint density at radius 2 is 2.15 bits per heavy atom. The molecule has 1 N–H and O–H groups in total. The molecule has 0 aromatic carbocycles. The first-order valence-corrected chi connectivity index (χ1v) is 8.69. The smallest absolute Gasteiger partial charge is 0.0900 e. The molecule has 0 unspecified atom stereocenters. The first kappa shape index (κ1) is 14.8. The fraction of sp³-hybridized carbons (Fsp3) is 1.00. The zero-order chi connectivity index (χ0) is 13.9. The molecule has 1 aliphatic heterocycles. The van der Waals surface area contributed by atoms with Crippen LogP contribution in [0.3, 0.4) is 0 Å². The summed E-state index contributed by atoms with van der Waals surface area (Å²) in [6.45, 7) is 6.80. The van der Waals surface area contributed by atoms with Crippen molar-refractivity contribution in [1.82, 2.24) is 4.90 Å². The number of hydrogen-bond acceptors (Lipinski definition) is 3. The van der Waals surface area contributed by atoms with E-state index in [9.17, 15) is 5.11 Å². The molecule has 20 heavy (non-hydrogen) atoms. The van der Waals surface area contributed by atoms with Gasteiger partial charge in [-0.1, -0.05) is 13.3 Å². The van der Waals surface area contributed by atoms with Crippen molar-refractivity contribution in [3.63, 3.8) is 0 Å². The summed E-state index contributed by atoms with van der Waals surface area (Å²) in [5.41, 5.74) is 0. The maximum Gasteiger partial charge on any atom is 0.0900 e. The van der Waals surface area contributed by atoms with E-state index in [2.05, 4.69) is 11.8 Å². The quantitative estimate of drug-likeness (QED) is 0.812. The fourth-order valence-electron chi connectivity index (χ4n) is 4.74. The van der Waals surface area contributed by atoms with E-state index in [0.717, 1.165) is 49.9 Å². The predicted octanol–water partition coefficient (Wildman–Crippen LogP) is 2.53. The minimum absolute atomic E-state index is 0.307. The maximum atomic E-state index is 10.1. The van der Waals surface area contributed by atoms with Crippen LogP contribution in [0.1, 0.15) is 45.4 Å². The number of hydrogen-bond donors (Lipinski definition) is 1. The van der Waals surface area contributed by atoms with Crippen LogP contribution in [-0.2, 0) is 4.74 Å². The van der Waals surface area contributed by atoms with Gasteiger partial charge in [0.1, 0.15) is 0 Å². The number of aliphatic hydroxyl groups is 1. The Hall–Kier alpha value is -0.120. The second-order valence-corrected chi connectivity index (χ2v) is 7.63. The van der Waals surface area contributed by atoms with Crippen LogP contribution in [-0.4, -0.2) is 49.0 Å². The van der Waals surface area contributed by atoms with Crippen molar-refractivity contribution in [3.05, 3.63) is 0 Å². The number of likely N-dealkylation sites (tertiary alicyclic amines) is 1. The van der Waals surface area contributed by atoms with E-state index < -0.39 is 0 Å². The molecule has 0 aromatic heterocycles. The van der Waals surface area contributed by atoms with Gasteiger partial charge in [-0.3, -0.25) is 0 Å². The van der Waals surface area contributed by atoms with Gasteiger partial charge in [0.25, 0.3) is 0 Å². The van der Waals surface area contributed by atoms with Crippen molar-refractivity contribution in [2.45, 2.75) is 51.6 Å². The largest absolute Gasteiger partial charge is 0.389 e. The van der Waals surface area contributed by atoms with Crippen molar-refractivity contribution >= 4 is 0 Å². The van der Waals surface area contributed by atoms with Crippen LogP contribution in [0, 0.1) is 23.7 Å². The number of β-amino-alcohol motifs (C(OH)–C–C–N with tert-alkyl or cyclic N) is 1. The van der Waals surface area contributed by atoms with Crippen LogP contribution in [0.2, 0.25) is 0 Å². The van der Waals surface area contributed by atoms with Crippen LogP contribution in [0.25, 0.3) is 0 Å². The predicted molar refractivity (Wildman–Crippen MR) is 80.6 cm³/mol. The summed E-state index contributed by atoms with van der Waals surface area (Å²) in [6, 6.07) is 0. The van der Waals surface area contributed by atoms with Gasteiger partial charge in [0.15, 0.2) is 0 Å². The first-order valence-electron chi connectivity index (χ1n) is 8.69. The molecular formula is C17H31NO2. The standard InChI is InChI=1S/C17H31NO2/c1-13-3-2-6-18(9-13)10-17(19)12-20-11-16-8-14-4-5-15(16)7-14/h13-17,19H,2-12H2,1H3/t13-,14-,15-,16+,17+/m1/s1. The molecule has 2 aliphatic carbocycles. The minimum atomic E-state index is -0.307. The van der Waals surface area contributed by atoms with Gasteiger partial charge in [0, 0.05) is 19.7 Å². The van der Waals surface area contributed by atoms with E-state index >= 15 is 0 Å². The topological polar surface area (TPSA) is 32.7 Å². The molecule has 2 bridgehead atoms. The summed E-state index contributed by atoms with van der Waals surface area (Å²) < 4.78 is 5.82.